The fourth-order valence-corrected chi connectivity index (χ4v) is 2.34. The van der Waals surface area contributed by atoms with Crippen molar-refractivity contribution < 1.29 is 13.9 Å². The zero-order valence-electron chi connectivity index (χ0n) is 11.5. The molecule has 0 aliphatic carbocycles. The van der Waals surface area contributed by atoms with Crippen LogP contribution in [0.2, 0.25) is 0 Å². The quantitative estimate of drug-likeness (QED) is 0.741. The lowest BCUT2D eigenvalue weighted by Crippen LogP contribution is -2.02. The first-order chi connectivity index (χ1) is 10.2. The molecule has 2 aromatic carbocycles. The molecule has 0 radical (unpaired) electrons. The van der Waals surface area contributed by atoms with E-state index in [4.69, 9.17) is 4.74 Å². The fraction of sp³-hybridized carbons (Fsp3) is 0.118. The topological polar surface area (TPSA) is 42.1 Å². The van der Waals surface area contributed by atoms with Gasteiger partial charge < -0.3 is 9.72 Å². The molecule has 106 valence electrons. The van der Waals surface area contributed by atoms with Gasteiger partial charge in [0.15, 0.2) is 5.78 Å². The molecule has 1 heterocycles. The number of rotatable bonds is 4. The van der Waals surface area contributed by atoms with Crippen LogP contribution in [-0.2, 0) is 6.42 Å². The van der Waals surface area contributed by atoms with Crippen molar-refractivity contribution >= 4 is 16.7 Å². The lowest BCUT2D eigenvalue weighted by molar-refractivity contribution is 0.0994. The summed E-state index contributed by atoms with van der Waals surface area (Å²) in [4.78, 5) is 15.5. The van der Waals surface area contributed by atoms with Gasteiger partial charge in [-0.2, -0.15) is 0 Å². The largest absolute Gasteiger partial charge is 0.497 e. The Morgan fingerprint density at radius 1 is 1.19 bits per heavy atom. The summed E-state index contributed by atoms with van der Waals surface area (Å²) in [5.74, 6) is 0.391. The van der Waals surface area contributed by atoms with Crippen LogP contribution in [-0.4, -0.2) is 17.9 Å². The number of aromatic nitrogens is 1. The first kappa shape index (κ1) is 13.4. The van der Waals surface area contributed by atoms with Crippen molar-refractivity contribution in [2.75, 3.05) is 7.11 Å². The summed E-state index contributed by atoms with van der Waals surface area (Å²) in [7, 11) is 1.59. The van der Waals surface area contributed by atoms with Crippen LogP contribution in [0.1, 0.15) is 15.9 Å². The molecule has 3 aromatic rings. The van der Waals surface area contributed by atoms with Crippen LogP contribution in [0.3, 0.4) is 0 Å². The van der Waals surface area contributed by atoms with Gasteiger partial charge in [-0.1, -0.05) is 12.1 Å². The molecule has 0 bridgehead atoms. The van der Waals surface area contributed by atoms with Crippen LogP contribution < -0.4 is 4.74 Å². The Morgan fingerprint density at radius 3 is 2.67 bits per heavy atom. The highest BCUT2D eigenvalue weighted by Gasteiger charge is 2.13. The molecule has 21 heavy (non-hydrogen) atoms. The van der Waals surface area contributed by atoms with Crippen molar-refractivity contribution in [3.05, 3.63) is 65.6 Å². The van der Waals surface area contributed by atoms with Crippen LogP contribution in [0, 0.1) is 5.82 Å². The van der Waals surface area contributed by atoms with E-state index in [1.54, 1.807) is 25.4 Å². The summed E-state index contributed by atoms with van der Waals surface area (Å²) in [6, 6.07) is 11.5. The SMILES string of the molecule is COc1ccc2[nH]cc(C(=O)Cc3ccc(F)cc3)c2c1. The molecule has 0 unspecified atom stereocenters. The molecule has 1 N–H and O–H groups in total. The van der Waals surface area contributed by atoms with Crippen molar-refractivity contribution in [3.8, 4) is 5.75 Å². The maximum Gasteiger partial charge on any atom is 0.169 e. The summed E-state index contributed by atoms with van der Waals surface area (Å²) < 4.78 is 18.1. The number of fused-ring (bicyclic) bond motifs is 1. The predicted molar refractivity (Wildman–Crippen MR) is 79.3 cm³/mol. The summed E-state index contributed by atoms with van der Waals surface area (Å²) in [5.41, 5.74) is 2.30. The number of carbonyl (C=O) groups is 1. The van der Waals surface area contributed by atoms with Gasteiger partial charge in [0.2, 0.25) is 0 Å². The van der Waals surface area contributed by atoms with Crippen LogP contribution in [0.4, 0.5) is 4.39 Å². The standard InChI is InChI=1S/C17H14FNO2/c1-21-13-6-7-16-14(9-13)15(10-19-16)17(20)8-11-2-4-12(18)5-3-11/h2-7,9-10,19H,8H2,1H3. The average Bonchev–Trinajstić information content (AvgIpc) is 2.92. The van der Waals surface area contributed by atoms with Crippen LogP contribution in [0.5, 0.6) is 5.75 Å². The number of hydrogen-bond acceptors (Lipinski definition) is 2. The normalized spacial score (nSPS) is 10.8. The Balaban J connectivity index is 1.92. The van der Waals surface area contributed by atoms with Crippen molar-refractivity contribution in [3.63, 3.8) is 0 Å². The van der Waals surface area contributed by atoms with Gasteiger partial charge in [-0.25, -0.2) is 4.39 Å². The van der Waals surface area contributed by atoms with E-state index >= 15 is 0 Å². The smallest absolute Gasteiger partial charge is 0.169 e. The predicted octanol–water partition coefficient (Wildman–Crippen LogP) is 3.74. The number of benzene rings is 2. The second-order valence-corrected chi connectivity index (χ2v) is 4.84. The number of hydrogen-bond donors (Lipinski definition) is 1. The molecule has 0 spiro atoms. The Hall–Kier alpha value is -2.62. The Kier molecular flexibility index (Phi) is 3.44. The number of carbonyl (C=O) groups excluding carboxylic acids is 1. The molecule has 0 saturated carbocycles. The maximum atomic E-state index is 12.9. The highest BCUT2D eigenvalue weighted by atomic mass is 19.1. The third kappa shape index (κ3) is 2.65. The second kappa shape index (κ2) is 5.40. The van der Waals surface area contributed by atoms with Gasteiger partial charge in [0.05, 0.1) is 7.11 Å². The minimum Gasteiger partial charge on any atom is -0.497 e. The Bertz CT molecular complexity index is 790. The third-order valence-corrected chi connectivity index (χ3v) is 3.47. The number of halogens is 1. The number of ketones is 1. The molecule has 0 amide bonds. The van der Waals surface area contributed by atoms with Crippen molar-refractivity contribution in [2.24, 2.45) is 0 Å². The maximum absolute atomic E-state index is 12.9. The molecule has 0 aliphatic heterocycles. The fourth-order valence-electron chi connectivity index (χ4n) is 2.34. The zero-order chi connectivity index (χ0) is 14.8. The molecule has 0 saturated heterocycles. The number of nitrogens with one attached hydrogen (secondary N) is 1. The van der Waals surface area contributed by atoms with Gasteiger partial charge in [-0.05, 0) is 35.9 Å². The summed E-state index contributed by atoms with van der Waals surface area (Å²) in [6.07, 6.45) is 1.94. The van der Waals surface area contributed by atoms with Crippen LogP contribution in [0.15, 0.2) is 48.7 Å². The zero-order valence-corrected chi connectivity index (χ0v) is 11.5. The van der Waals surface area contributed by atoms with E-state index in [0.29, 0.717) is 11.3 Å². The van der Waals surface area contributed by atoms with E-state index in [2.05, 4.69) is 4.98 Å². The van der Waals surface area contributed by atoms with Gasteiger partial charge in [0.25, 0.3) is 0 Å². The van der Waals surface area contributed by atoms with E-state index in [9.17, 15) is 9.18 Å². The average molecular weight is 283 g/mol. The number of methoxy groups -OCH3 is 1. The van der Waals surface area contributed by atoms with E-state index in [1.165, 1.54) is 12.1 Å². The van der Waals surface area contributed by atoms with E-state index in [0.717, 1.165) is 16.5 Å². The monoisotopic (exact) mass is 283 g/mol. The second-order valence-electron chi connectivity index (χ2n) is 4.84. The van der Waals surface area contributed by atoms with Crippen LogP contribution >= 0.6 is 0 Å². The molecule has 0 atom stereocenters. The van der Waals surface area contributed by atoms with E-state index < -0.39 is 0 Å². The van der Waals surface area contributed by atoms with Gasteiger partial charge in [-0.15, -0.1) is 0 Å². The van der Waals surface area contributed by atoms with E-state index in [-0.39, 0.29) is 18.0 Å². The van der Waals surface area contributed by atoms with Crippen molar-refractivity contribution in [2.45, 2.75) is 6.42 Å². The minimum atomic E-state index is -0.303. The molecular weight excluding hydrogens is 269 g/mol. The minimum absolute atomic E-state index is 0.0129. The van der Waals surface area contributed by atoms with Crippen molar-refractivity contribution in [1.29, 1.82) is 0 Å². The van der Waals surface area contributed by atoms with Gasteiger partial charge >= 0.3 is 0 Å². The van der Waals surface area contributed by atoms with Crippen LogP contribution in [0.25, 0.3) is 10.9 Å². The molecule has 4 heteroatoms. The van der Waals surface area contributed by atoms with Gasteiger partial charge in [-0.3, -0.25) is 4.79 Å². The Labute approximate surface area is 121 Å². The molecule has 3 rings (SSSR count). The van der Waals surface area contributed by atoms with Gasteiger partial charge in [0, 0.05) is 29.1 Å². The molecule has 0 aliphatic rings. The Morgan fingerprint density at radius 2 is 1.95 bits per heavy atom. The summed E-state index contributed by atoms with van der Waals surface area (Å²) in [5, 5.41) is 0.835. The lowest BCUT2D eigenvalue weighted by Gasteiger charge is -2.02. The molecule has 3 nitrogen and oxygen atoms in total. The number of aromatic amines is 1. The highest BCUT2D eigenvalue weighted by Crippen LogP contribution is 2.24. The van der Waals surface area contributed by atoms with Gasteiger partial charge in [0.1, 0.15) is 11.6 Å². The van der Waals surface area contributed by atoms with Crippen molar-refractivity contribution in [1.82, 2.24) is 4.98 Å². The number of Topliss-reactive ketones (excluding diaryl/α,β-unsaturated/α-hetero) is 1. The molecular formula is C17H14FNO2. The first-order valence-corrected chi connectivity index (χ1v) is 6.60. The third-order valence-electron chi connectivity index (χ3n) is 3.47. The lowest BCUT2D eigenvalue weighted by atomic mass is 10.0. The molecule has 1 aromatic heterocycles. The first-order valence-electron chi connectivity index (χ1n) is 6.60. The number of ether oxygens (including phenoxy) is 1. The summed E-state index contributed by atoms with van der Waals surface area (Å²) >= 11 is 0. The molecule has 0 fully saturated rings. The highest BCUT2D eigenvalue weighted by molar-refractivity contribution is 6.08. The summed E-state index contributed by atoms with van der Waals surface area (Å²) in [6.45, 7) is 0. The number of H-pyrrole nitrogens is 1. The van der Waals surface area contributed by atoms with E-state index in [1.807, 2.05) is 18.2 Å².